The molecule has 1 atom stereocenters. The number of carbonyl (C=O) groups excluding carboxylic acids is 1. The van der Waals surface area contributed by atoms with Gasteiger partial charge in [-0.25, -0.2) is 9.50 Å². The molecule has 2 N–H and O–H groups in total. The standard InChI is InChI=1S/C11H13N5O/c17-10-2-1-8(7-13-10)15-11-9-3-4-14-16(9)6-5-12-11/h3-6,8H,1-2,7H2,(H,12,15)(H,13,17). The van der Waals surface area contributed by atoms with E-state index in [1.165, 1.54) is 0 Å². The summed E-state index contributed by atoms with van der Waals surface area (Å²) in [4.78, 5) is 15.4. The molecule has 88 valence electrons. The lowest BCUT2D eigenvalue weighted by Crippen LogP contribution is -2.42. The van der Waals surface area contributed by atoms with Gasteiger partial charge < -0.3 is 10.6 Å². The molecular formula is C11H13N5O. The van der Waals surface area contributed by atoms with Crippen LogP contribution in [0.25, 0.3) is 5.52 Å². The van der Waals surface area contributed by atoms with Crippen molar-refractivity contribution >= 4 is 17.2 Å². The van der Waals surface area contributed by atoms with Crippen molar-refractivity contribution in [3.8, 4) is 0 Å². The van der Waals surface area contributed by atoms with Gasteiger partial charge in [-0.2, -0.15) is 5.10 Å². The quantitative estimate of drug-likeness (QED) is 0.785. The molecule has 17 heavy (non-hydrogen) atoms. The van der Waals surface area contributed by atoms with Crippen molar-refractivity contribution in [2.75, 3.05) is 11.9 Å². The molecule has 0 bridgehead atoms. The van der Waals surface area contributed by atoms with Crippen LogP contribution < -0.4 is 10.6 Å². The Morgan fingerprint density at radius 1 is 1.47 bits per heavy atom. The van der Waals surface area contributed by atoms with Crippen LogP contribution in [-0.2, 0) is 4.79 Å². The Balaban J connectivity index is 1.80. The van der Waals surface area contributed by atoms with E-state index in [4.69, 9.17) is 0 Å². The van der Waals surface area contributed by atoms with Crippen LogP contribution in [0.3, 0.4) is 0 Å². The number of hydrogen-bond donors (Lipinski definition) is 2. The lowest BCUT2D eigenvalue weighted by molar-refractivity contribution is -0.122. The molecule has 1 aliphatic rings. The SMILES string of the molecule is O=C1CCC(Nc2nccn3nccc23)CN1. The fourth-order valence-electron chi connectivity index (χ4n) is 2.02. The van der Waals surface area contributed by atoms with E-state index in [9.17, 15) is 4.79 Å². The van der Waals surface area contributed by atoms with Crippen molar-refractivity contribution < 1.29 is 4.79 Å². The summed E-state index contributed by atoms with van der Waals surface area (Å²) in [6, 6.07) is 2.15. The maximum Gasteiger partial charge on any atom is 0.220 e. The Labute approximate surface area is 98.0 Å². The van der Waals surface area contributed by atoms with Gasteiger partial charge in [0.15, 0.2) is 5.82 Å². The van der Waals surface area contributed by atoms with E-state index in [-0.39, 0.29) is 11.9 Å². The minimum atomic E-state index is 0.124. The molecule has 0 spiro atoms. The summed E-state index contributed by atoms with van der Waals surface area (Å²) >= 11 is 0. The van der Waals surface area contributed by atoms with E-state index >= 15 is 0 Å². The number of nitrogens with one attached hydrogen (secondary N) is 2. The molecule has 3 heterocycles. The van der Waals surface area contributed by atoms with Crippen molar-refractivity contribution in [1.29, 1.82) is 0 Å². The normalized spacial score (nSPS) is 20.2. The lowest BCUT2D eigenvalue weighted by Gasteiger charge is -2.24. The topological polar surface area (TPSA) is 71.3 Å². The number of piperidine rings is 1. The van der Waals surface area contributed by atoms with Gasteiger partial charge in [0.05, 0.1) is 6.20 Å². The summed E-state index contributed by atoms with van der Waals surface area (Å²) in [7, 11) is 0. The monoisotopic (exact) mass is 231 g/mol. The first-order valence-corrected chi connectivity index (χ1v) is 5.64. The van der Waals surface area contributed by atoms with Gasteiger partial charge in [-0.3, -0.25) is 4.79 Å². The third-order valence-corrected chi connectivity index (χ3v) is 2.93. The second-order valence-electron chi connectivity index (χ2n) is 4.12. The third-order valence-electron chi connectivity index (χ3n) is 2.93. The first-order chi connectivity index (χ1) is 8.33. The maximum atomic E-state index is 11.1. The second-order valence-corrected chi connectivity index (χ2v) is 4.12. The van der Waals surface area contributed by atoms with Crippen molar-refractivity contribution in [1.82, 2.24) is 19.9 Å². The molecule has 0 radical (unpaired) electrons. The minimum absolute atomic E-state index is 0.124. The van der Waals surface area contributed by atoms with Crippen LogP contribution in [-0.4, -0.2) is 33.1 Å². The third kappa shape index (κ3) is 1.93. The Bertz CT molecular complexity index is 540. The zero-order chi connectivity index (χ0) is 11.7. The lowest BCUT2D eigenvalue weighted by atomic mass is 10.1. The number of hydrogen-bond acceptors (Lipinski definition) is 4. The molecule has 0 saturated carbocycles. The van der Waals surface area contributed by atoms with E-state index in [2.05, 4.69) is 20.7 Å². The highest BCUT2D eigenvalue weighted by molar-refractivity contribution is 5.77. The number of amides is 1. The highest BCUT2D eigenvalue weighted by Crippen LogP contribution is 2.15. The highest BCUT2D eigenvalue weighted by Gasteiger charge is 2.18. The predicted molar refractivity (Wildman–Crippen MR) is 62.6 cm³/mol. The van der Waals surface area contributed by atoms with E-state index in [1.54, 1.807) is 16.9 Å². The Kier molecular flexibility index (Phi) is 2.40. The van der Waals surface area contributed by atoms with Gasteiger partial charge in [0.1, 0.15) is 5.52 Å². The molecule has 6 nitrogen and oxygen atoms in total. The Morgan fingerprint density at radius 2 is 2.41 bits per heavy atom. The molecule has 2 aromatic rings. The van der Waals surface area contributed by atoms with Crippen molar-refractivity contribution in [2.24, 2.45) is 0 Å². The van der Waals surface area contributed by atoms with E-state index in [0.29, 0.717) is 13.0 Å². The van der Waals surface area contributed by atoms with Gasteiger partial charge in [0, 0.05) is 31.4 Å². The molecule has 1 saturated heterocycles. The molecule has 1 amide bonds. The molecule has 1 unspecified atom stereocenters. The van der Waals surface area contributed by atoms with Crippen LogP contribution in [0.1, 0.15) is 12.8 Å². The number of aromatic nitrogens is 3. The number of nitrogens with zero attached hydrogens (tertiary/aromatic N) is 3. The van der Waals surface area contributed by atoms with Gasteiger partial charge in [-0.15, -0.1) is 0 Å². The van der Waals surface area contributed by atoms with E-state index in [0.717, 1.165) is 17.8 Å². The Morgan fingerprint density at radius 3 is 3.24 bits per heavy atom. The molecule has 0 aliphatic carbocycles. The van der Waals surface area contributed by atoms with Crippen LogP contribution >= 0.6 is 0 Å². The number of rotatable bonds is 2. The average molecular weight is 231 g/mol. The van der Waals surface area contributed by atoms with Crippen LogP contribution in [0.5, 0.6) is 0 Å². The first kappa shape index (κ1) is 10.1. The predicted octanol–water partition coefficient (Wildman–Crippen LogP) is 0.420. The summed E-state index contributed by atoms with van der Waals surface area (Å²) < 4.78 is 1.77. The Hall–Kier alpha value is -2.11. The van der Waals surface area contributed by atoms with Crippen LogP contribution in [0.2, 0.25) is 0 Å². The fourth-order valence-corrected chi connectivity index (χ4v) is 2.02. The molecule has 1 aliphatic heterocycles. The summed E-state index contributed by atoms with van der Waals surface area (Å²) in [6.45, 7) is 0.649. The van der Waals surface area contributed by atoms with Crippen LogP contribution in [0.15, 0.2) is 24.7 Å². The van der Waals surface area contributed by atoms with Gasteiger partial charge in [-0.05, 0) is 12.5 Å². The number of fused-ring (bicyclic) bond motifs is 1. The molecule has 0 aromatic carbocycles. The van der Waals surface area contributed by atoms with Crippen LogP contribution in [0, 0.1) is 0 Å². The van der Waals surface area contributed by atoms with Gasteiger partial charge in [-0.1, -0.05) is 0 Å². The van der Waals surface area contributed by atoms with Crippen molar-refractivity contribution in [2.45, 2.75) is 18.9 Å². The number of carbonyl (C=O) groups is 1. The fraction of sp³-hybridized carbons (Fsp3) is 0.364. The van der Waals surface area contributed by atoms with Gasteiger partial charge >= 0.3 is 0 Å². The summed E-state index contributed by atoms with van der Waals surface area (Å²) in [5.74, 6) is 0.935. The molecule has 1 fully saturated rings. The molecule has 6 heteroatoms. The highest BCUT2D eigenvalue weighted by atomic mass is 16.1. The molecular weight excluding hydrogens is 218 g/mol. The van der Waals surface area contributed by atoms with Gasteiger partial charge in [0.25, 0.3) is 0 Å². The largest absolute Gasteiger partial charge is 0.364 e. The van der Waals surface area contributed by atoms with Crippen molar-refractivity contribution in [3.63, 3.8) is 0 Å². The zero-order valence-electron chi connectivity index (χ0n) is 9.26. The summed E-state index contributed by atoms with van der Waals surface area (Å²) in [5.41, 5.74) is 0.949. The number of anilines is 1. The molecule has 2 aromatic heterocycles. The summed E-state index contributed by atoms with van der Waals surface area (Å²) in [5, 5.41) is 10.3. The zero-order valence-corrected chi connectivity index (χ0v) is 9.26. The minimum Gasteiger partial charge on any atom is -0.364 e. The summed E-state index contributed by atoms with van der Waals surface area (Å²) in [6.07, 6.45) is 6.67. The second kappa shape index (κ2) is 4.04. The average Bonchev–Trinajstić information content (AvgIpc) is 2.81. The maximum absolute atomic E-state index is 11.1. The van der Waals surface area contributed by atoms with Gasteiger partial charge in [0.2, 0.25) is 5.91 Å². The van der Waals surface area contributed by atoms with Crippen molar-refractivity contribution in [3.05, 3.63) is 24.7 Å². The molecule has 3 rings (SSSR count). The van der Waals surface area contributed by atoms with Crippen LogP contribution in [0.4, 0.5) is 5.82 Å². The van der Waals surface area contributed by atoms with E-state index in [1.807, 2.05) is 12.3 Å². The first-order valence-electron chi connectivity index (χ1n) is 5.64. The smallest absolute Gasteiger partial charge is 0.220 e. The van der Waals surface area contributed by atoms with E-state index < -0.39 is 0 Å².